The van der Waals surface area contributed by atoms with Crippen LogP contribution in [0, 0.1) is 0 Å². The summed E-state index contributed by atoms with van der Waals surface area (Å²) < 4.78 is 12.6. The first-order valence-electron chi connectivity index (χ1n) is 15.8. The Bertz CT molecular complexity index is 2110. The van der Waals surface area contributed by atoms with E-state index in [-0.39, 0.29) is 24.8 Å². The second-order valence-corrected chi connectivity index (χ2v) is 11.3. The number of nitrogens with zero attached hydrogens (tertiary/aromatic N) is 2. The molecule has 0 radical (unpaired) electrons. The van der Waals surface area contributed by atoms with Crippen LogP contribution < -0.4 is 20.1 Å². The second kappa shape index (κ2) is 15.1. The molecule has 6 nitrogen and oxygen atoms in total. The first kappa shape index (κ1) is 33.3. The zero-order valence-corrected chi connectivity index (χ0v) is 28.1. The van der Waals surface area contributed by atoms with E-state index in [1.807, 2.05) is 121 Å². The molecule has 49 heavy (non-hydrogen) atoms. The predicted octanol–water partition coefficient (Wildman–Crippen LogP) is 11.3. The number of aromatic nitrogens is 2. The highest BCUT2D eigenvalue weighted by atomic mass is 35.5. The zero-order valence-electron chi connectivity index (χ0n) is 26.5. The Balaban J connectivity index is 0.00000208. The van der Waals surface area contributed by atoms with Gasteiger partial charge in [-0.05, 0) is 48.5 Å². The summed E-state index contributed by atoms with van der Waals surface area (Å²) in [5, 5.41) is 11.6. The standard InChI is InChI=1S/C41H32N4O2.2ClH/c1-5-18-32-28(14-1)40(29-15-2-6-19-33(29)42-32)44-36-22-9-11-24-38(36)46-26-13-27-47-39-25-12-10-23-37(39)45-41-30-16-3-7-20-34(30)43-35-21-8-4-17-31(35)41;;/h1-12,14-25H,13,26-27H2,(H,42,44)(H,43,45);2*1H. The molecule has 2 N–H and O–H groups in total. The Labute approximate surface area is 296 Å². The van der Waals surface area contributed by atoms with E-state index in [4.69, 9.17) is 19.4 Å². The Kier molecular flexibility index (Phi) is 10.3. The molecule has 8 heteroatoms. The number of fused-ring (bicyclic) bond motifs is 4. The van der Waals surface area contributed by atoms with E-state index in [1.165, 1.54) is 0 Å². The topological polar surface area (TPSA) is 68.3 Å². The van der Waals surface area contributed by atoms with Crippen molar-refractivity contribution in [3.05, 3.63) is 146 Å². The minimum absolute atomic E-state index is 0. The van der Waals surface area contributed by atoms with Crippen LogP contribution in [0.25, 0.3) is 43.6 Å². The summed E-state index contributed by atoms with van der Waals surface area (Å²) in [6, 6.07) is 48.9. The van der Waals surface area contributed by atoms with Crippen LogP contribution in [0.4, 0.5) is 22.7 Å². The fourth-order valence-corrected chi connectivity index (χ4v) is 6.03. The summed E-state index contributed by atoms with van der Waals surface area (Å²) in [7, 11) is 0. The Hall–Kier alpha value is -5.56. The normalized spacial score (nSPS) is 10.8. The number of para-hydroxylation sites is 8. The summed E-state index contributed by atoms with van der Waals surface area (Å²) in [4.78, 5) is 9.72. The van der Waals surface area contributed by atoms with Crippen LogP contribution in [-0.4, -0.2) is 23.2 Å². The third-order valence-corrected chi connectivity index (χ3v) is 8.27. The number of benzene rings is 6. The van der Waals surface area contributed by atoms with Gasteiger partial charge in [-0.15, -0.1) is 24.8 Å². The van der Waals surface area contributed by atoms with Crippen LogP contribution in [0.15, 0.2) is 146 Å². The van der Waals surface area contributed by atoms with Crippen molar-refractivity contribution >= 4 is 91.2 Å². The van der Waals surface area contributed by atoms with E-state index >= 15 is 0 Å². The summed E-state index contributed by atoms with van der Waals surface area (Å²) in [5.41, 5.74) is 7.64. The lowest BCUT2D eigenvalue weighted by atomic mass is 10.1. The Morgan fingerprint density at radius 2 is 0.694 bits per heavy atom. The summed E-state index contributed by atoms with van der Waals surface area (Å²) in [6.45, 7) is 1.01. The molecule has 0 unspecified atom stereocenters. The molecule has 0 amide bonds. The third kappa shape index (κ3) is 6.88. The third-order valence-electron chi connectivity index (χ3n) is 8.27. The molecule has 0 atom stereocenters. The van der Waals surface area contributed by atoms with E-state index in [9.17, 15) is 0 Å². The molecule has 0 bridgehead atoms. The first-order chi connectivity index (χ1) is 23.3. The minimum atomic E-state index is 0. The van der Waals surface area contributed by atoms with E-state index < -0.39 is 0 Å². The number of nitrogens with one attached hydrogen (secondary N) is 2. The lowest BCUT2D eigenvalue weighted by molar-refractivity contribution is 0.249. The Morgan fingerprint density at radius 3 is 1.06 bits per heavy atom. The van der Waals surface area contributed by atoms with Gasteiger partial charge in [0, 0.05) is 28.0 Å². The average molecular weight is 686 g/mol. The molecule has 6 aromatic carbocycles. The maximum absolute atomic E-state index is 6.31. The molecule has 2 aromatic heterocycles. The second-order valence-electron chi connectivity index (χ2n) is 11.3. The van der Waals surface area contributed by atoms with Gasteiger partial charge in [-0.1, -0.05) is 97.1 Å². The van der Waals surface area contributed by atoms with Crippen LogP contribution >= 0.6 is 24.8 Å². The minimum Gasteiger partial charge on any atom is -0.491 e. The number of rotatable bonds is 10. The van der Waals surface area contributed by atoms with Crippen molar-refractivity contribution in [2.24, 2.45) is 0 Å². The van der Waals surface area contributed by atoms with Gasteiger partial charge in [0.05, 0.1) is 58.0 Å². The van der Waals surface area contributed by atoms with Crippen LogP contribution in [0.5, 0.6) is 11.5 Å². The fraction of sp³-hybridized carbons (Fsp3) is 0.0732. The van der Waals surface area contributed by atoms with Crippen LogP contribution in [-0.2, 0) is 0 Å². The largest absolute Gasteiger partial charge is 0.491 e. The molecule has 0 fully saturated rings. The number of ether oxygens (including phenoxy) is 2. The molecular weight excluding hydrogens is 651 g/mol. The predicted molar refractivity (Wildman–Crippen MR) is 208 cm³/mol. The van der Waals surface area contributed by atoms with Crippen molar-refractivity contribution < 1.29 is 9.47 Å². The molecule has 244 valence electrons. The highest BCUT2D eigenvalue weighted by Gasteiger charge is 2.13. The summed E-state index contributed by atoms with van der Waals surface area (Å²) in [6.07, 6.45) is 0.713. The molecule has 0 aliphatic carbocycles. The smallest absolute Gasteiger partial charge is 0.142 e. The van der Waals surface area contributed by atoms with Gasteiger partial charge in [-0.2, -0.15) is 0 Å². The molecule has 2 heterocycles. The number of hydrogen-bond acceptors (Lipinski definition) is 6. The van der Waals surface area contributed by atoms with Crippen molar-refractivity contribution in [1.82, 2.24) is 9.97 Å². The maximum atomic E-state index is 6.31. The van der Waals surface area contributed by atoms with Gasteiger partial charge >= 0.3 is 0 Å². The van der Waals surface area contributed by atoms with Gasteiger partial charge in [0.1, 0.15) is 11.5 Å². The van der Waals surface area contributed by atoms with E-state index in [1.54, 1.807) is 0 Å². The van der Waals surface area contributed by atoms with E-state index in [2.05, 4.69) is 34.9 Å². The van der Waals surface area contributed by atoms with Crippen molar-refractivity contribution in [3.8, 4) is 11.5 Å². The number of hydrogen-bond donors (Lipinski definition) is 2. The maximum Gasteiger partial charge on any atom is 0.142 e. The number of pyridine rings is 2. The highest BCUT2D eigenvalue weighted by molar-refractivity contribution is 6.10. The van der Waals surface area contributed by atoms with Gasteiger partial charge in [0.2, 0.25) is 0 Å². The van der Waals surface area contributed by atoms with E-state index in [0.717, 1.165) is 77.9 Å². The van der Waals surface area contributed by atoms with Gasteiger partial charge in [-0.25, -0.2) is 9.97 Å². The van der Waals surface area contributed by atoms with Gasteiger partial charge in [0.15, 0.2) is 0 Å². The van der Waals surface area contributed by atoms with E-state index in [0.29, 0.717) is 19.6 Å². The SMILES string of the molecule is Cl.Cl.c1ccc(OCCCOc2ccccc2Nc2c3ccccc3nc3ccccc23)c(Nc2c3ccccc3nc3ccccc23)c1. The first-order valence-corrected chi connectivity index (χ1v) is 15.8. The van der Waals surface area contributed by atoms with Crippen molar-refractivity contribution in [2.45, 2.75) is 6.42 Å². The molecule has 8 aromatic rings. The fourth-order valence-electron chi connectivity index (χ4n) is 6.03. The van der Waals surface area contributed by atoms with Crippen LogP contribution in [0.3, 0.4) is 0 Å². The molecule has 0 spiro atoms. The summed E-state index contributed by atoms with van der Waals surface area (Å²) in [5.74, 6) is 1.58. The number of anilines is 4. The molecule has 0 aliphatic heterocycles. The van der Waals surface area contributed by atoms with Crippen LogP contribution in [0.1, 0.15) is 6.42 Å². The molecule has 0 aliphatic rings. The lowest BCUT2D eigenvalue weighted by Crippen LogP contribution is -2.07. The van der Waals surface area contributed by atoms with Crippen molar-refractivity contribution in [3.63, 3.8) is 0 Å². The van der Waals surface area contributed by atoms with Gasteiger partial charge in [-0.3, -0.25) is 0 Å². The molecule has 0 saturated carbocycles. The van der Waals surface area contributed by atoms with Crippen LogP contribution in [0.2, 0.25) is 0 Å². The molecule has 0 saturated heterocycles. The number of halogens is 2. The Morgan fingerprint density at radius 1 is 0.388 bits per heavy atom. The summed E-state index contributed by atoms with van der Waals surface area (Å²) >= 11 is 0. The highest BCUT2D eigenvalue weighted by Crippen LogP contribution is 2.37. The molecule has 8 rings (SSSR count). The molecular formula is C41H34Cl2N4O2. The lowest BCUT2D eigenvalue weighted by Gasteiger charge is -2.17. The van der Waals surface area contributed by atoms with Gasteiger partial charge < -0.3 is 20.1 Å². The monoisotopic (exact) mass is 684 g/mol. The zero-order chi connectivity index (χ0) is 31.4. The van der Waals surface area contributed by atoms with Gasteiger partial charge in [0.25, 0.3) is 0 Å². The van der Waals surface area contributed by atoms with Crippen molar-refractivity contribution in [1.29, 1.82) is 0 Å². The quantitative estimate of drug-likeness (QED) is 0.110. The average Bonchev–Trinajstić information content (AvgIpc) is 3.12. The van der Waals surface area contributed by atoms with Crippen molar-refractivity contribution in [2.75, 3.05) is 23.8 Å².